The molecule has 1 aromatic carbocycles. The maximum Gasteiger partial charge on any atom is 0.344 e. The monoisotopic (exact) mass is 262 g/mol. The van der Waals surface area contributed by atoms with Gasteiger partial charge >= 0.3 is 5.97 Å². The van der Waals surface area contributed by atoms with Crippen molar-refractivity contribution in [3.63, 3.8) is 0 Å². The fourth-order valence-electron chi connectivity index (χ4n) is 1.11. The van der Waals surface area contributed by atoms with Crippen molar-refractivity contribution >= 4 is 5.97 Å². The highest BCUT2D eigenvalue weighted by atomic mass is 19.2. The van der Waals surface area contributed by atoms with Gasteiger partial charge in [-0.2, -0.15) is 0 Å². The first-order valence-electron chi connectivity index (χ1n) is 4.98. The summed E-state index contributed by atoms with van der Waals surface area (Å²) in [5.74, 6) is -8.40. The Morgan fingerprint density at radius 3 is 2.33 bits per heavy atom. The lowest BCUT2D eigenvalue weighted by atomic mass is 10.2. The van der Waals surface area contributed by atoms with Gasteiger partial charge in [-0.1, -0.05) is 5.57 Å². The van der Waals surface area contributed by atoms with Crippen LogP contribution >= 0.6 is 0 Å². The van der Waals surface area contributed by atoms with E-state index in [1.165, 1.54) is 6.08 Å². The van der Waals surface area contributed by atoms with Gasteiger partial charge in [-0.05, 0) is 19.9 Å². The topological polar surface area (TPSA) is 26.3 Å². The van der Waals surface area contributed by atoms with Gasteiger partial charge in [-0.15, -0.1) is 0 Å². The fraction of sp³-hybridized carbons (Fsp3) is 0.250. The second-order valence-electron chi connectivity index (χ2n) is 3.72. The number of hydrogen-bond acceptors (Lipinski definition) is 2. The smallest absolute Gasteiger partial charge is 0.344 e. The van der Waals surface area contributed by atoms with E-state index in [0.717, 1.165) is 5.57 Å². The predicted octanol–water partition coefficient (Wildman–Crippen LogP) is 3.37. The van der Waals surface area contributed by atoms with Crippen LogP contribution in [-0.4, -0.2) is 12.6 Å². The second-order valence-corrected chi connectivity index (χ2v) is 3.72. The average molecular weight is 262 g/mol. The van der Waals surface area contributed by atoms with Gasteiger partial charge in [0, 0.05) is 6.07 Å². The Morgan fingerprint density at radius 2 is 1.78 bits per heavy atom. The first-order chi connectivity index (χ1) is 8.34. The molecule has 0 N–H and O–H groups in total. The van der Waals surface area contributed by atoms with Gasteiger partial charge in [0.15, 0.2) is 17.5 Å². The molecule has 98 valence electrons. The van der Waals surface area contributed by atoms with E-state index in [1.807, 2.05) is 0 Å². The van der Waals surface area contributed by atoms with Gasteiger partial charge in [0.25, 0.3) is 0 Å². The molecule has 0 radical (unpaired) electrons. The van der Waals surface area contributed by atoms with Gasteiger partial charge < -0.3 is 4.74 Å². The van der Waals surface area contributed by atoms with Crippen molar-refractivity contribution < 1.29 is 27.1 Å². The number of allylic oxidation sites excluding steroid dienone is 1. The quantitative estimate of drug-likeness (QED) is 0.274. The Morgan fingerprint density at radius 1 is 1.17 bits per heavy atom. The molecule has 0 saturated heterocycles. The Hall–Kier alpha value is -1.85. The zero-order chi connectivity index (χ0) is 13.9. The molecular weight excluding hydrogens is 252 g/mol. The zero-order valence-corrected chi connectivity index (χ0v) is 9.69. The van der Waals surface area contributed by atoms with Crippen LogP contribution in [0.2, 0.25) is 0 Å². The molecule has 0 unspecified atom stereocenters. The SMILES string of the molecule is CC(C)=CCOC(=O)c1c(F)cc(F)c(F)c1F. The molecule has 0 aliphatic rings. The molecule has 0 aromatic heterocycles. The Kier molecular flexibility index (Phi) is 4.47. The molecule has 0 amide bonds. The van der Waals surface area contributed by atoms with Crippen molar-refractivity contribution in [1.82, 2.24) is 0 Å². The van der Waals surface area contributed by atoms with Crippen LogP contribution in [0.3, 0.4) is 0 Å². The predicted molar refractivity (Wildman–Crippen MR) is 56.0 cm³/mol. The van der Waals surface area contributed by atoms with Crippen LogP contribution in [0.25, 0.3) is 0 Å². The molecule has 0 heterocycles. The third kappa shape index (κ3) is 3.09. The molecule has 1 aromatic rings. The van der Waals surface area contributed by atoms with E-state index in [2.05, 4.69) is 4.74 Å². The summed E-state index contributed by atoms with van der Waals surface area (Å²) in [4.78, 5) is 11.3. The summed E-state index contributed by atoms with van der Waals surface area (Å²) in [7, 11) is 0. The van der Waals surface area contributed by atoms with E-state index >= 15 is 0 Å². The summed E-state index contributed by atoms with van der Waals surface area (Å²) in [5, 5.41) is 0. The first kappa shape index (κ1) is 14.2. The lowest BCUT2D eigenvalue weighted by Gasteiger charge is -2.06. The van der Waals surface area contributed by atoms with Crippen molar-refractivity contribution in [1.29, 1.82) is 0 Å². The molecule has 0 aliphatic carbocycles. The molecule has 0 aliphatic heterocycles. The third-order valence-electron chi connectivity index (χ3n) is 2.02. The molecule has 1 rings (SSSR count). The summed E-state index contributed by atoms with van der Waals surface area (Å²) in [6, 6.07) is 0.0932. The number of rotatable bonds is 3. The second kappa shape index (κ2) is 5.66. The number of halogens is 4. The Balaban J connectivity index is 3.00. The van der Waals surface area contributed by atoms with Crippen molar-refractivity contribution in [3.05, 3.63) is 46.5 Å². The number of carbonyl (C=O) groups is 1. The third-order valence-corrected chi connectivity index (χ3v) is 2.02. The summed E-state index contributed by atoms with van der Waals surface area (Å²) >= 11 is 0. The van der Waals surface area contributed by atoms with Crippen molar-refractivity contribution in [2.24, 2.45) is 0 Å². The standard InChI is InChI=1S/C12H10F4O2/c1-6(2)3-4-18-12(17)9-7(13)5-8(14)10(15)11(9)16/h3,5H,4H2,1-2H3. The lowest BCUT2D eigenvalue weighted by Crippen LogP contribution is -2.13. The van der Waals surface area contributed by atoms with E-state index in [-0.39, 0.29) is 12.7 Å². The van der Waals surface area contributed by atoms with Crippen LogP contribution in [0.4, 0.5) is 17.6 Å². The maximum atomic E-state index is 13.2. The Labute approximate surface area is 101 Å². The summed E-state index contributed by atoms with van der Waals surface area (Å²) in [6.07, 6.45) is 1.49. The Bertz CT molecular complexity index is 505. The van der Waals surface area contributed by atoms with Gasteiger partial charge in [-0.3, -0.25) is 0 Å². The van der Waals surface area contributed by atoms with Gasteiger partial charge in [0.05, 0.1) is 0 Å². The average Bonchev–Trinajstić information content (AvgIpc) is 2.25. The van der Waals surface area contributed by atoms with E-state index in [1.54, 1.807) is 13.8 Å². The fourth-order valence-corrected chi connectivity index (χ4v) is 1.11. The normalized spacial score (nSPS) is 10.1. The lowest BCUT2D eigenvalue weighted by molar-refractivity contribution is 0.0536. The molecule has 18 heavy (non-hydrogen) atoms. The van der Waals surface area contributed by atoms with Crippen LogP contribution in [0.1, 0.15) is 24.2 Å². The molecule has 2 nitrogen and oxygen atoms in total. The van der Waals surface area contributed by atoms with Crippen LogP contribution < -0.4 is 0 Å². The van der Waals surface area contributed by atoms with Crippen molar-refractivity contribution in [3.8, 4) is 0 Å². The number of benzene rings is 1. The minimum absolute atomic E-state index is 0.0932. The van der Waals surface area contributed by atoms with Crippen LogP contribution in [0, 0.1) is 23.3 Å². The van der Waals surface area contributed by atoms with Crippen molar-refractivity contribution in [2.45, 2.75) is 13.8 Å². The number of hydrogen-bond donors (Lipinski definition) is 0. The molecule has 6 heteroatoms. The van der Waals surface area contributed by atoms with Gasteiger partial charge in [0.1, 0.15) is 18.0 Å². The minimum atomic E-state index is -1.91. The molecule has 0 atom stereocenters. The van der Waals surface area contributed by atoms with Crippen LogP contribution in [-0.2, 0) is 4.74 Å². The molecule has 0 bridgehead atoms. The van der Waals surface area contributed by atoms with E-state index < -0.39 is 34.8 Å². The molecule has 0 fully saturated rings. The number of ether oxygens (including phenoxy) is 1. The zero-order valence-electron chi connectivity index (χ0n) is 9.69. The highest BCUT2D eigenvalue weighted by molar-refractivity contribution is 5.90. The van der Waals surface area contributed by atoms with E-state index in [9.17, 15) is 22.4 Å². The largest absolute Gasteiger partial charge is 0.458 e. The highest BCUT2D eigenvalue weighted by Gasteiger charge is 2.25. The van der Waals surface area contributed by atoms with Crippen LogP contribution in [0.5, 0.6) is 0 Å². The maximum absolute atomic E-state index is 13.2. The van der Waals surface area contributed by atoms with Crippen molar-refractivity contribution in [2.75, 3.05) is 6.61 Å². The van der Waals surface area contributed by atoms with Crippen LogP contribution in [0.15, 0.2) is 17.7 Å². The number of esters is 1. The van der Waals surface area contributed by atoms with E-state index in [4.69, 9.17) is 0 Å². The summed E-state index contributed by atoms with van der Waals surface area (Å²) in [5.41, 5.74) is -0.412. The van der Waals surface area contributed by atoms with Gasteiger partial charge in [-0.25, -0.2) is 22.4 Å². The number of carbonyl (C=O) groups excluding carboxylic acids is 1. The minimum Gasteiger partial charge on any atom is -0.458 e. The molecule has 0 spiro atoms. The highest BCUT2D eigenvalue weighted by Crippen LogP contribution is 2.19. The van der Waals surface area contributed by atoms with Gasteiger partial charge in [0.2, 0.25) is 0 Å². The first-order valence-corrected chi connectivity index (χ1v) is 4.98. The molecule has 0 saturated carbocycles. The van der Waals surface area contributed by atoms with E-state index in [0.29, 0.717) is 0 Å². The summed E-state index contributed by atoms with van der Waals surface area (Å²) in [6.45, 7) is 3.25. The molecular formula is C12H10F4O2. The summed E-state index contributed by atoms with van der Waals surface area (Å²) < 4.78 is 56.3.